The van der Waals surface area contributed by atoms with Gasteiger partial charge in [0.25, 0.3) is 5.91 Å². The van der Waals surface area contributed by atoms with Crippen molar-refractivity contribution in [3.05, 3.63) is 59.2 Å². The van der Waals surface area contributed by atoms with E-state index in [0.717, 1.165) is 5.56 Å². The van der Waals surface area contributed by atoms with Gasteiger partial charge in [-0.05, 0) is 24.6 Å². The zero-order chi connectivity index (χ0) is 18.2. The summed E-state index contributed by atoms with van der Waals surface area (Å²) in [5.74, 6) is -1.60. The molecule has 0 aliphatic carbocycles. The molecule has 0 aliphatic rings. The summed E-state index contributed by atoms with van der Waals surface area (Å²) in [6.45, 7) is 1.56. The standard InChI is InChI=1S/C17H17N3O5/c1-11-7-19-14(9-18-11)17(23)25-10-15(21)20-8-12-3-5-13(6-4-12)16(22)24-2/h3-7,9H,8,10H2,1-2H3,(H,20,21). The number of nitrogens with one attached hydrogen (secondary N) is 1. The van der Waals surface area contributed by atoms with Crippen LogP contribution in [0.25, 0.3) is 0 Å². The van der Waals surface area contributed by atoms with Crippen LogP contribution in [0.15, 0.2) is 36.7 Å². The predicted molar refractivity (Wildman–Crippen MR) is 86.7 cm³/mol. The molecule has 8 heteroatoms. The van der Waals surface area contributed by atoms with Crippen molar-refractivity contribution in [1.82, 2.24) is 15.3 Å². The van der Waals surface area contributed by atoms with Gasteiger partial charge in [0.15, 0.2) is 12.3 Å². The van der Waals surface area contributed by atoms with E-state index in [2.05, 4.69) is 20.0 Å². The molecule has 1 aromatic carbocycles. The predicted octanol–water partition coefficient (Wildman–Crippen LogP) is 1.04. The molecule has 2 aromatic rings. The number of carbonyl (C=O) groups is 3. The highest BCUT2D eigenvalue weighted by Crippen LogP contribution is 2.05. The molecule has 0 bridgehead atoms. The van der Waals surface area contributed by atoms with Crippen molar-refractivity contribution in [3.8, 4) is 0 Å². The highest BCUT2D eigenvalue weighted by Gasteiger charge is 2.12. The lowest BCUT2D eigenvalue weighted by Crippen LogP contribution is -2.28. The molecule has 0 unspecified atom stereocenters. The Labute approximate surface area is 144 Å². The number of hydrogen-bond donors (Lipinski definition) is 1. The first kappa shape index (κ1) is 18.1. The minimum Gasteiger partial charge on any atom is -0.465 e. The van der Waals surface area contributed by atoms with Gasteiger partial charge in [-0.1, -0.05) is 12.1 Å². The summed E-state index contributed by atoms with van der Waals surface area (Å²) in [7, 11) is 1.31. The monoisotopic (exact) mass is 343 g/mol. The second-order valence-corrected chi connectivity index (χ2v) is 5.08. The number of rotatable bonds is 6. The fourth-order valence-corrected chi connectivity index (χ4v) is 1.83. The normalized spacial score (nSPS) is 10.0. The molecule has 130 valence electrons. The fourth-order valence-electron chi connectivity index (χ4n) is 1.83. The number of benzene rings is 1. The molecule has 25 heavy (non-hydrogen) atoms. The number of esters is 2. The van der Waals surface area contributed by atoms with E-state index in [4.69, 9.17) is 4.74 Å². The largest absolute Gasteiger partial charge is 0.465 e. The van der Waals surface area contributed by atoms with Crippen molar-refractivity contribution in [2.75, 3.05) is 13.7 Å². The SMILES string of the molecule is COC(=O)c1ccc(CNC(=O)COC(=O)c2cnc(C)cn2)cc1. The molecule has 8 nitrogen and oxygen atoms in total. The maximum absolute atomic E-state index is 11.7. The van der Waals surface area contributed by atoms with Crippen LogP contribution in [-0.4, -0.2) is 41.5 Å². The van der Waals surface area contributed by atoms with Crippen LogP contribution in [0.4, 0.5) is 0 Å². The number of carbonyl (C=O) groups excluding carboxylic acids is 3. The molecule has 0 radical (unpaired) electrons. The third kappa shape index (κ3) is 5.38. The summed E-state index contributed by atoms with van der Waals surface area (Å²) < 4.78 is 9.47. The Kier molecular flexibility index (Phi) is 6.16. The molecule has 0 aliphatic heterocycles. The lowest BCUT2D eigenvalue weighted by Gasteiger charge is -2.07. The van der Waals surface area contributed by atoms with E-state index < -0.39 is 24.5 Å². The number of aromatic nitrogens is 2. The number of aryl methyl sites for hydroxylation is 1. The minimum atomic E-state index is -0.718. The van der Waals surface area contributed by atoms with E-state index in [1.165, 1.54) is 19.5 Å². The molecular formula is C17H17N3O5. The van der Waals surface area contributed by atoms with Gasteiger partial charge in [-0.2, -0.15) is 0 Å². The van der Waals surface area contributed by atoms with Crippen LogP contribution in [0.5, 0.6) is 0 Å². The molecule has 1 aromatic heterocycles. The van der Waals surface area contributed by atoms with Crippen molar-refractivity contribution in [3.63, 3.8) is 0 Å². The minimum absolute atomic E-state index is 0.0387. The first-order valence-electron chi connectivity index (χ1n) is 7.39. The van der Waals surface area contributed by atoms with E-state index in [-0.39, 0.29) is 12.2 Å². The summed E-state index contributed by atoms with van der Waals surface area (Å²) in [5, 5.41) is 2.61. The Bertz CT molecular complexity index is 757. The summed E-state index contributed by atoms with van der Waals surface area (Å²) in [6, 6.07) is 6.59. The van der Waals surface area contributed by atoms with Gasteiger partial charge in [0.2, 0.25) is 0 Å². The molecule has 2 rings (SSSR count). The number of ether oxygens (including phenoxy) is 2. The quantitative estimate of drug-likeness (QED) is 0.781. The highest BCUT2D eigenvalue weighted by molar-refractivity contribution is 5.89. The summed E-state index contributed by atoms with van der Waals surface area (Å²) in [5.41, 5.74) is 1.92. The van der Waals surface area contributed by atoms with Crippen molar-refractivity contribution >= 4 is 17.8 Å². The molecule has 0 atom stereocenters. The van der Waals surface area contributed by atoms with Gasteiger partial charge >= 0.3 is 11.9 Å². The summed E-state index contributed by atoms with van der Waals surface area (Å²) in [6.07, 6.45) is 2.73. The number of amides is 1. The average molecular weight is 343 g/mol. The second-order valence-electron chi connectivity index (χ2n) is 5.08. The lowest BCUT2D eigenvalue weighted by atomic mass is 10.1. The maximum Gasteiger partial charge on any atom is 0.359 e. The molecule has 0 fully saturated rings. The van der Waals surface area contributed by atoms with Crippen molar-refractivity contribution in [2.24, 2.45) is 0 Å². The van der Waals surface area contributed by atoms with E-state index >= 15 is 0 Å². The number of methoxy groups -OCH3 is 1. The van der Waals surface area contributed by atoms with E-state index in [1.807, 2.05) is 0 Å². The van der Waals surface area contributed by atoms with Crippen LogP contribution in [0.3, 0.4) is 0 Å². The van der Waals surface area contributed by atoms with Crippen molar-refractivity contribution < 1.29 is 23.9 Å². The third-order valence-electron chi connectivity index (χ3n) is 3.19. The van der Waals surface area contributed by atoms with Crippen molar-refractivity contribution in [1.29, 1.82) is 0 Å². The van der Waals surface area contributed by atoms with Gasteiger partial charge in [0.1, 0.15) is 0 Å². The van der Waals surface area contributed by atoms with Crippen LogP contribution in [0, 0.1) is 6.92 Å². The number of hydrogen-bond acceptors (Lipinski definition) is 7. The zero-order valence-electron chi connectivity index (χ0n) is 13.8. The molecule has 1 amide bonds. The van der Waals surface area contributed by atoms with Crippen LogP contribution in [0.2, 0.25) is 0 Å². The van der Waals surface area contributed by atoms with Crippen LogP contribution in [0.1, 0.15) is 32.1 Å². The van der Waals surface area contributed by atoms with Gasteiger partial charge < -0.3 is 14.8 Å². The Balaban J connectivity index is 1.77. The third-order valence-corrected chi connectivity index (χ3v) is 3.19. The Morgan fingerprint density at radius 3 is 2.36 bits per heavy atom. The van der Waals surface area contributed by atoms with Gasteiger partial charge in [0.05, 0.1) is 24.6 Å². The van der Waals surface area contributed by atoms with Crippen LogP contribution < -0.4 is 5.32 Å². The van der Waals surface area contributed by atoms with Crippen LogP contribution >= 0.6 is 0 Å². The summed E-state index contributed by atoms with van der Waals surface area (Å²) >= 11 is 0. The smallest absolute Gasteiger partial charge is 0.359 e. The number of nitrogens with zero attached hydrogens (tertiary/aromatic N) is 2. The molecule has 1 heterocycles. The average Bonchev–Trinajstić information content (AvgIpc) is 2.64. The molecule has 1 N–H and O–H groups in total. The second kappa shape index (κ2) is 8.53. The molecule has 0 saturated heterocycles. The van der Waals surface area contributed by atoms with E-state index in [1.54, 1.807) is 31.2 Å². The molecule has 0 saturated carbocycles. The van der Waals surface area contributed by atoms with E-state index in [0.29, 0.717) is 11.3 Å². The molecular weight excluding hydrogens is 326 g/mol. The Morgan fingerprint density at radius 1 is 1.04 bits per heavy atom. The van der Waals surface area contributed by atoms with Gasteiger partial charge in [-0.25, -0.2) is 14.6 Å². The summed E-state index contributed by atoms with van der Waals surface area (Å²) in [4.78, 5) is 42.6. The van der Waals surface area contributed by atoms with Gasteiger partial charge in [0, 0.05) is 12.7 Å². The van der Waals surface area contributed by atoms with E-state index in [9.17, 15) is 14.4 Å². The first-order chi connectivity index (χ1) is 12.0. The Hall–Kier alpha value is -3.29. The fraction of sp³-hybridized carbons (Fsp3) is 0.235. The maximum atomic E-state index is 11.7. The van der Waals surface area contributed by atoms with Crippen LogP contribution in [-0.2, 0) is 20.8 Å². The van der Waals surface area contributed by atoms with Gasteiger partial charge in [-0.3, -0.25) is 9.78 Å². The molecule has 0 spiro atoms. The Morgan fingerprint density at radius 2 is 1.76 bits per heavy atom. The van der Waals surface area contributed by atoms with Crippen molar-refractivity contribution in [2.45, 2.75) is 13.5 Å². The first-order valence-corrected chi connectivity index (χ1v) is 7.39. The lowest BCUT2D eigenvalue weighted by molar-refractivity contribution is -0.124. The van der Waals surface area contributed by atoms with Gasteiger partial charge in [-0.15, -0.1) is 0 Å². The topological polar surface area (TPSA) is 107 Å². The zero-order valence-corrected chi connectivity index (χ0v) is 13.8. The highest BCUT2D eigenvalue weighted by atomic mass is 16.5.